The van der Waals surface area contributed by atoms with E-state index in [-0.39, 0.29) is 24.6 Å². The van der Waals surface area contributed by atoms with Crippen LogP contribution in [-0.2, 0) is 14.3 Å². The standard InChI is InChI=1S/C12H17N3O4/c13-6-9(12(18)15-4-3-11(16)17)7-14-8-10-2-1-5-19-10/h7,10,14H,1-5,8H2,(H,15,18)(H,16,17)/b9-7-. The van der Waals surface area contributed by atoms with E-state index in [1.165, 1.54) is 6.20 Å². The molecular weight excluding hydrogens is 250 g/mol. The van der Waals surface area contributed by atoms with Gasteiger partial charge in [-0.2, -0.15) is 5.26 Å². The van der Waals surface area contributed by atoms with Crippen molar-refractivity contribution in [2.75, 3.05) is 19.7 Å². The van der Waals surface area contributed by atoms with Crippen molar-refractivity contribution in [1.82, 2.24) is 10.6 Å². The second kappa shape index (κ2) is 8.11. The van der Waals surface area contributed by atoms with E-state index in [1.807, 2.05) is 0 Å². The molecule has 0 radical (unpaired) electrons. The lowest BCUT2D eigenvalue weighted by Gasteiger charge is -2.09. The van der Waals surface area contributed by atoms with E-state index in [4.69, 9.17) is 15.1 Å². The van der Waals surface area contributed by atoms with E-state index < -0.39 is 11.9 Å². The molecule has 3 N–H and O–H groups in total. The fourth-order valence-electron chi connectivity index (χ4n) is 1.62. The summed E-state index contributed by atoms with van der Waals surface area (Å²) >= 11 is 0. The Balaban J connectivity index is 2.31. The van der Waals surface area contributed by atoms with E-state index in [9.17, 15) is 9.59 Å². The Morgan fingerprint density at radius 3 is 2.89 bits per heavy atom. The van der Waals surface area contributed by atoms with E-state index in [1.54, 1.807) is 6.07 Å². The molecule has 1 aliphatic heterocycles. The Labute approximate surface area is 111 Å². The Morgan fingerprint density at radius 1 is 1.53 bits per heavy atom. The number of carboxylic acids is 1. The van der Waals surface area contributed by atoms with Crippen LogP contribution in [0.2, 0.25) is 0 Å². The summed E-state index contributed by atoms with van der Waals surface area (Å²) in [5, 5.41) is 22.5. The third-order valence-electron chi connectivity index (χ3n) is 2.61. The van der Waals surface area contributed by atoms with Crippen LogP contribution in [0.3, 0.4) is 0 Å². The second-order valence-electron chi connectivity index (χ2n) is 4.11. The summed E-state index contributed by atoms with van der Waals surface area (Å²) in [6.45, 7) is 1.29. The van der Waals surface area contributed by atoms with Gasteiger partial charge in [0.2, 0.25) is 0 Å². The van der Waals surface area contributed by atoms with Crippen molar-refractivity contribution in [2.24, 2.45) is 0 Å². The molecule has 1 fully saturated rings. The molecule has 1 heterocycles. The van der Waals surface area contributed by atoms with Gasteiger partial charge < -0.3 is 20.5 Å². The number of ether oxygens (including phenoxy) is 1. The molecule has 1 aliphatic rings. The normalized spacial score (nSPS) is 18.7. The highest BCUT2D eigenvalue weighted by Gasteiger charge is 2.14. The van der Waals surface area contributed by atoms with Crippen LogP contribution in [-0.4, -0.2) is 42.8 Å². The van der Waals surface area contributed by atoms with Gasteiger partial charge in [-0.25, -0.2) is 0 Å². The van der Waals surface area contributed by atoms with Crippen molar-refractivity contribution in [3.8, 4) is 6.07 Å². The van der Waals surface area contributed by atoms with E-state index >= 15 is 0 Å². The summed E-state index contributed by atoms with van der Waals surface area (Å²) in [6, 6.07) is 1.76. The van der Waals surface area contributed by atoms with Crippen molar-refractivity contribution >= 4 is 11.9 Å². The average molecular weight is 267 g/mol. The van der Waals surface area contributed by atoms with Crippen molar-refractivity contribution in [3.05, 3.63) is 11.8 Å². The van der Waals surface area contributed by atoms with Crippen LogP contribution in [0.5, 0.6) is 0 Å². The van der Waals surface area contributed by atoms with Crippen LogP contribution in [0.25, 0.3) is 0 Å². The maximum absolute atomic E-state index is 11.5. The molecule has 0 spiro atoms. The molecule has 1 atom stereocenters. The number of nitrogens with zero attached hydrogens (tertiary/aromatic N) is 1. The minimum absolute atomic E-state index is 0.00107. The van der Waals surface area contributed by atoms with Crippen LogP contribution in [0, 0.1) is 11.3 Å². The largest absolute Gasteiger partial charge is 0.481 e. The molecule has 0 aromatic heterocycles. The van der Waals surface area contributed by atoms with Gasteiger partial charge in [0, 0.05) is 25.9 Å². The van der Waals surface area contributed by atoms with Crippen LogP contribution in [0.15, 0.2) is 11.8 Å². The van der Waals surface area contributed by atoms with Crippen LogP contribution in [0.1, 0.15) is 19.3 Å². The number of nitriles is 1. The maximum atomic E-state index is 11.5. The zero-order chi connectivity index (χ0) is 14.1. The molecule has 1 amide bonds. The fraction of sp³-hybridized carbons (Fsp3) is 0.583. The summed E-state index contributed by atoms with van der Waals surface area (Å²) in [5.74, 6) is -1.58. The van der Waals surface area contributed by atoms with Gasteiger partial charge in [0.1, 0.15) is 11.6 Å². The van der Waals surface area contributed by atoms with E-state index in [0.717, 1.165) is 19.4 Å². The predicted octanol–water partition coefficient (Wildman–Crippen LogP) is -0.247. The first-order valence-corrected chi connectivity index (χ1v) is 6.08. The summed E-state index contributed by atoms with van der Waals surface area (Å²) in [4.78, 5) is 21.8. The number of hydrogen-bond donors (Lipinski definition) is 3. The first-order chi connectivity index (χ1) is 9.13. The zero-order valence-corrected chi connectivity index (χ0v) is 10.5. The second-order valence-corrected chi connectivity index (χ2v) is 4.11. The molecule has 104 valence electrons. The number of rotatable bonds is 7. The van der Waals surface area contributed by atoms with Crippen LogP contribution >= 0.6 is 0 Å². The summed E-state index contributed by atoms with van der Waals surface area (Å²) < 4.78 is 5.38. The highest BCUT2D eigenvalue weighted by molar-refractivity contribution is 5.97. The Kier molecular flexibility index (Phi) is 6.39. The van der Waals surface area contributed by atoms with Gasteiger partial charge in [0.15, 0.2) is 0 Å². The minimum Gasteiger partial charge on any atom is -0.481 e. The average Bonchev–Trinajstić information content (AvgIpc) is 2.87. The van der Waals surface area contributed by atoms with Crippen LogP contribution in [0.4, 0.5) is 0 Å². The molecule has 0 aromatic carbocycles. The number of nitrogens with one attached hydrogen (secondary N) is 2. The number of carbonyl (C=O) groups excluding carboxylic acids is 1. The molecule has 7 heteroatoms. The SMILES string of the molecule is N#C/C(=C/NCC1CCCO1)C(=O)NCCC(=O)O. The first-order valence-electron chi connectivity index (χ1n) is 6.08. The molecule has 1 unspecified atom stereocenters. The molecular formula is C12H17N3O4. The molecule has 0 aliphatic carbocycles. The number of aliphatic carboxylic acids is 1. The van der Waals surface area contributed by atoms with Gasteiger partial charge in [0.25, 0.3) is 5.91 Å². The zero-order valence-electron chi connectivity index (χ0n) is 10.5. The number of amides is 1. The highest BCUT2D eigenvalue weighted by Crippen LogP contribution is 2.10. The monoisotopic (exact) mass is 267 g/mol. The maximum Gasteiger partial charge on any atom is 0.305 e. The van der Waals surface area contributed by atoms with Gasteiger partial charge in [-0.1, -0.05) is 0 Å². The minimum atomic E-state index is -1.00. The number of carbonyl (C=O) groups is 2. The summed E-state index contributed by atoms with van der Waals surface area (Å²) in [6.07, 6.45) is 3.27. The quantitative estimate of drug-likeness (QED) is 0.433. The molecule has 1 rings (SSSR count). The third-order valence-corrected chi connectivity index (χ3v) is 2.61. The predicted molar refractivity (Wildman–Crippen MR) is 65.9 cm³/mol. The molecule has 19 heavy (non-hydrogen) atoms. The summed E-state index contributed by atoms with van der Waals surface area (Å²) in [7, 11) is 0. The lowest BCUT2D eigenvalue weighted by atomic mass is 10.2. The van der Waals surface area contributed by atoms with Gasteiger partial charge in [0.05, 0.1) is 12.5 Å². The lowest BCUT2D eigenvalue weighted by molar-refractivity contribution is -0.136. The Morgan fingerprint density at radius 2 is 2.32 bits per heavy atom. The smallest absolute Gasteiger partial charge is 0.305 e. The van der Waals surface area contributed by atoms with Crippen molar-refractivity contribution in [1.29, 1.82) is 5.26 Å². The molecule has 0 saturated carbocycles. The fourth-order valence-corrected chi connectivity index (χ4v) is 1.62. The van der Waals surface area contributed by atoms with Crippen molar-refractivity contribution < 1.29 is 19.4 Å². The molecule has 0 bridgehead atoms. The Hall–Kier alpha value is -2.07. The van der Waals surface area contributed by atoms with E-state index in [0.29, 0.717) is 6.54 Å². The van der Waals surface area contributed by atoms with Crippen molar-refractivity contribution in [3.63, 3.8) is 0 Å². The Bertz CT molecular complexity index is 394. The molecule has 7 nitrogen and oxygen atoms in total. The van der Waals surface area contributed by atoms with Crippen LogP contribution < -0.4 is 10.6 Å². The number of hydrogen-bond acceptors (Lipinski definition) is 5. The topological polar surface area (TPSA) is 111 Å². The van der Waals surface area contributed by atoms with E-state index in [2.05, 4.69) is 10.6 Å². The van der Waals surface area contributed by atoms with Gasteiger partial charge in [-0.05, 0) is 12.8 Å². The van der Waals surface area contributed by atoms with Crippen molar-refractivity contribution in [2.45, 2.75) is 25.4 Å². The highest BCUT2D eigenvalue weighted by atomic mass is 16.5. The van der Waals surface area contributed by atoms with Gasteiger partial charge in [-0.15, -0.1) is 0 Å². The van der Waals surface area contributed by atoms with Gasteiger partial charge in [-0.3, -0.25) is 9.59 Å². The third kappa shape index (κ3) is 5.88. The molecule has 1 saturated heterocycles. The lowest BCUT2D eigenvalue weighted by Crippen LogP contribution is -2.29. The van der Waals surface area contributed by atoms with Gasteiger partial charge >= 0.3 is 5.97 Å². The summed E-state index contributed by atoms with van der Waals surface area (Å²) in [5.41, 5.74) is -0.0802. The number of carboxylic acid groups (broad SMARTS) is 1. The first kappa shape index (κ1) is 15.0. The molecule has 0 aromatic rings.